The fraction of sp³-hybridized carbons (Fsp3) is 0.469. The number of anilines is 5. The van der Waals surface area contributed by atoms with Gasteiger partial charge in [-0.2, -0.15) is 11.3 Å². The summed E-state index contributed by atoms with van der Waals surface area (Å²) in [5.41, 5.74) is 24.2. The van der Waals surface area contributed by atoms with Crippen molar-refractivity contribution in [2.45, 2.75) is 195 Å². The number of fused-ring (bicyclic) bond motifs is 7. The molecule has 0 bridgehead atoms. The van der Waals surface area contributed by atoms with E-state index in [1.807, 2.05) is 0 Å². The molecule has 2 nitrogen and oxygen atoms in total. The SMILES string of the molecule is Cc1cc2c3c(c1)N(c1ccc(C(C)(C)C)cc1)c1cc4c(cc1B3c1sc3c(c1N2Cc1ccc(C(C)(C)C)cc1-c1ccc(C(C)(C)C)cc1)C(C)(C)CCC3(C)C)C(C)(C)CCC4(C)C. The van der Waals surface area contributed by atoms with E-state index in [1.165, 1.54) is 114 Å². The second-order valence-corrected chi connectivity index (χ2v) is 28.4. The number of benzene rings is 5. The molecule has 2 aliphatic carbocycles. The predicted octanol–water partition coefficient (Wildman–Crippen LogP) is 16.3. The molecular weight excluding hydrogens is 840 g/mol. The van der Waals surface area contributed by atoms with Crippen molar-refractivity contribution in [3.8, 4) is 11.1 Å². The molecule has 0 saturated heterocycles. The zero-order chi connectivity index (χ0) is 49.1. The molecule has 0 amide bonds. The lowest BCUT2D eigenvalue weighted by atomic mass is 9.35. The van der Waals surface area contributed by atoms with Gasteiger partial charge in [0.05, 0.1) is 5.69 Å². The van der Waals surface area contributed by atoms with Crippen LogP contribution in [0.1, 0.15) is 193 Å². The lowest BCUT2D eigenvalue weighted by Crippen LogP contribution is -2.61. The topological polar surface area (TPSA) is 6.48 Å². The van der Waals surface area contributed by atoms with Gasteiger partial charge in [0, 0.05) is 38.9 Å². The lowest BCUT2D eigenvalue weighted by molar-refractivity contribution is 0.332. The van der Waals surface area contributed by atoms with Crippen LogP contribution in [0.2, 0.25) is 0 Å². The highest BCUT2D eigenvalue weighted by atomic mass is 32.1. The first-order valence-corrected chi connectivity index (χ1v) is 26.7. The van der Waals surface area contributed by atoms with Crippen LogP contribution in [0.5, 0.6) is 0 Å². The zero-order valence-corrected chi connectivity index (χ0v) is 45.9. The van der Waals surface area contributed by atoms with E-state index in [4.69, 9.17) is 0 Å². The Hall–Kier alpha value is -4.54. The highest BCUT2D eigenvalue weighted by molar-refractivity contribution is 7.29. The molecule has 3 heterocycles. The van der Waals surface area contributed by atoms with Crippen molar-refractivity contribution in [1.29, 1.82) is 0 Å². The van der Waals surface area contributed by atoms with Crippen molar-refractivity contribution in [3.05, 3.63) is 140 Å². The average Bonchev–Trinajstić information content (AvgIpc) is 3.67. The van der Waals surface area contributed by atoms with Crippen molar-refractivity contribution < 1.29 is 0 Å². The van der Waals surface area contributed by atoms with Crippen LogP contribution in [0.3, 0.4) is 0 Å². The molecule has 4 heteroatoms. The van der Waals surface area contributed by atoms with E-state index in [2.05, 4.69) is 237 Å². The third-order valence-corrected chi connectivity index (χ3v) is 18.7. The monoisotopic (exact) mass is 919 g/mol. The fourth-order valence-electron chi connectivity index (χ4n) is 12.4. The predicted molar refractivity (Wildman–Crippen MR) is 299 cm³/mol. The summed E-state index contributed by atoms with van der Waals surface area (Å²) in [6.45, 7) is 44.4. The maximum atomic E-state index is 2.83. The van der Waals surface area contributed by atoms with Gasteiger partial charge in [-0.25, -0.2) is 0 Å². The maximum absolute atomic E-state index is 2.83. The van der Waals surface area contributed by atoms with E-state index in [0.717, 1.165) is 6.54 Å². The Labute approximate surface area is 416 Å². The Morgan fingerprint density at radius 2 is 1.06 bits per heavy atom. The van der Waals surface area contributed by atoms with Crippen LogP contribution in [0.15, 0.2) is 91.0 Å². The first-order chi connectivity index (χ1) is 31.5. The zero-order valence-electron chi connectivity index (χ0n) is 45.1. The smallest absolute Gasteiger partial charge is 0.264 e. The van der Waals surface area contributed by atoms with Crippen LogP contribution in [0.4, 0.5) is 28.4 Å². The summed E-state index contributed by atoms with van der Waals surface area (Å²) in [5, 5.41) is 0. The van der Waals surface area contributed by atoms with Crippen LogP contribution >= 0.6 is 11.3 Å². The number of nitrogens with zero attached hydrogens (tertiary/aromatic N) is 2. The van der Waals surface area contributed by atoms with Gasteiger partial charge in [0.2, 0.25) is 0 Å². The molecule has 354 valence electrons. The second-order valence-electron chi connectivity index (χ2n) is 27.3. The summed E-state index contributed by atoms with van der Waals surface area (Å²) >= 11 is 2.16. The summed E-state index contributed by atoms with van der Waals surface area (Å²) < 4.78 is 1.54. The first-order valence-electron chi connectivity index (χ1n) is 25.9. The molecule has 1 aromatic heterocycles. The molecule has 5 aromatic carbocycles. The van der Waals surface area contributed by atoms with E-state index in [-0.39, 0.29) is 44.6 Å². The summed E-state index contributed by atoms with van der Waals surface area (Å²) in [4.78, 5) is 7.09. The number of rotatable bonds is 4. The van der Waals surface area contributed by atoms with Gasteiger partial charge in [-0.15, -0.1) is 0 Å². The van der Waals surface area contributed by atoms with E-state index in [1.54, 1.807) is 16.0 Å². The first kappa shape index (κ1) is 47.2. The van der Waals surface area contributed by atoms with E-state index in [0.29, 0.717) is 0 Å². The number of hydrogen-bond donors (Lipinski definition) is 0. The standard InChI is InChI=1S/C64H79BN2S/c1-39-33-51-54-52(34-39)67(45-27-25-43(26-28-45)59(5,6)7)50-37-48-47(61(11,12)29-30-62(48,13)14)36-49(50)65(54)57-55(53-56(68-57)64(17,18)32-31-63(53,15)16)66(51)38-41-21-24-44(60(8,9)10)35-46(41)40-19-22-42(23-20-40)58(2,3)4/h19-28,33-37H,29-32,38H2,1-18H3. The Bertz CT molecular complexity index is 2990. The van der Waals surface area contributed by atoms with Gasteiger partial charge in [0.15, 0.2) is 0 Å². The number of aryl methyl sites for hydroxylation is 1. The molecule has 68 heavy (non-hydrogen) atoms. The Morgan fingerprint density at radius 1 is 0.544 bits per heavy atom. The Kier molecular flexibility index (Phi) is 10.6. The highest BCUT2D eigenvalue weighted by Gasteiger charge is 2.51. The quantitative estimate of drug-likeness (QED) is 0.162. The van der Waals surface area contributed by atoms with Gasteiger partial charge in [0.1, 0.15) is 0 Å². The van der Waals surface area contributed by atoms with Crippen LogP contribution < -0.4 is 25.5 Å². The van der Waals surface area contributed by atoms with Crippen LogP contribution in [-0.2, 0) is 44.4 Å². The minimum Gasteiger partial charge on any atom is -0.337 e. The van der Waals surface area contributed by atoms with Gasteiger partial charge in [-0.1, -0.05) is 178 Å². The molecule has 0 radical (unpaired) electrons. The van der Waals surface area contributed by atoms with E-state index >= 15 is 0 Å². The van der Waals surface area contributed by atoms with E-state index in [9.17, 15) is 0 Å². The summed E-state index contributed by atoms with van der Waals surface area (Å²) in [7, 11) is 0. The van der Waals surface area contributed by atoms with Crippen LogP contribution in [-0.4, -0.2) is 6.71 Å². The van der Waals surface area contributed by atoms with Crippen molar-refractivity contribution in [1.82, 2.24) is 0 Å². The molecule has 10 rings (SSSR count). The van der Waals surface area contributed by atoms with Crippen LogP contribution in [0, 0.1) is 6.92 Å². The van der Waals surface area contributed by atoms with Gasteiger partial charge in [-0.05, 0) is 167 Å². The lowest BCUT2D eigenvalue weighted by Gasteiger charge is -2.47. The number of thiophene rings is 1. The molecule has 0 saturated carbocycles. The second kappa shape index (κ2) is 15.2. The minimum atomic E-state index is 0.0205. The van der Waals surface area contributed by atoms with Gasteiger partial charge < -0.3 is 9.80 Å². The van der Waals surface area contributed by atoms with Crippen molar-refractivity contribution in [2.75, 3.05) is 9.80 Å². The largest absolute Gasteiger partial charge is 0.337 e. The third-order valence-electron chi connectivity index (χ3n) is 17.1. The Morgan fingerprint density at radius 3 is 1.65 bits per heavy atom. The minimum absolute atomic E-state index is 0.0205. The van der Waals surface area contributed by atoms with Crippen molar-refractivity contribution >= 4 is 62.2 Å². The summed E-state index contributed by atoms with van der Waals surface area (Å²) in [6.07, 6.45) is 4.76. The summed E-state index contributed by atoms with van der Waals surface area (Å²) in [5.74, 6) is 0. The number of hydrogen-bond acceptors (Lipinski definition) is 3. The third kappa shape index (κ3) is 7.55. The maximum Gasteiger partial charge on any atom is 0.264 e. The van der Waals surface area contributed by atoms with Crippen molar-refractivity contribution in [2.24, 2.45) is 0 Å². The molecule has 0 fully saturated rings. The molecule has 4 aliphatic rings. The molecule has 0 atom stereocenters. The van der Waals surface area contributed by atoms with Gasteiger partial charge in [-0.3, -0.25) is 0 Å². The normalized spacial score (nSPS) is 18.6. The summed E-state index contributed by atoms with van der Waals surface area (Å²) in [6, 6.07) is 37.0. The van der Waals surface area contributed by atoms with Crippen molar-refractivity contribution in [3.63, 3.8) is 0 Å². The average molecular weight is 919 g/mol. The molecule has 2 aliphatic heterocycles. The molecule has 0 spiro atoms. The highest BCUT2D eigenvalue weighted by Crippen LogP contribution is 2.56. The van der Waals surface area contributed by atoms with Crippen LogP contribution in [0.25, 0.3) is 11.1 Å². The van der Waals surface area contributed by atoms with Gasteiger partial charge in [0.25, 0.3) is 6.71 Å². The molecule has 0 N–H and O–H groups in total. The van der Waals surface area contributed by atoms with E-state index < -0.39 is 0 Å². The fourth-order valence-corrected chi connectivity index (χ4v) is 14.1. The molecule has 6 aromatic rings. The molecular formula is C64H79BN2S. The van der Waals surface area contributed by atoms with Gasteiger partial charge >= 0.3 is 0 Å². The Balaban J connectivity index is 1.29. The molecule has 0 unspecified atom stereocenters.